The highest BCUT2D eigenvalue weighted by Gasteiger charge is 2.05. The molecule has 0 bridgehead atoms. The second-order valence-electron chi connectivity index (χ2n) is 4.38. The summed E-state index contributed by atoms with van der Waals surface area (Å²) < 4.78 is 0. The Bertz CT molecular complexity index is 261. The van der Waals surface area contributed by atoms with Crippen LogP contribution in [0, 0.1) is 0 Å². The number of rotatable bonds is 8. The topological polar surface area (TPSA) is 33.1 Å². The molecule has 1 aromatic rings. The summed E-state index contributed by atoms with van der Waals surface area (Å²) in [6.07, 6.45) is 9.41. The first-order valence-corrected chi connectivity index (χ1v) is 6.41. The molecule has 0 aliphatic heterocycles. The Morgan fingerprint density at radius 3 is 2.69 bits per heavy atom. The first kappa shape index (κ1) is 13.2. The molecule has 1 atom stereocenters. The van der Waals surface area contributed by atoms with Gasteiger partial charge in [0, 0.05) is 18.3 Å². The van der Waals surface area contributed by atoms with E-state index in [0.717, 1.165) is 18.5 Å². The molecule has 90 valence electrons. The Morgan fingerprint density at radius 1 is 1.19 bits per heavy atom. The molecule has 16 heavy (non-hydrogen) atoms. The first-order valence-electron chi connectivity index (χ1n) is 6.41. The van der Waals surface area contributed by atoms with Crippen LogP contribution < -0.4 is 0 Å². The predicted molar refractivity (Wildman–Crippen MR) is 67.3 cm³/mol. The van der Waals surface area contributed by atoms with Gasteiger partial charge in [0.15, 0.2) is 0 Å². The predicted octanol–water partition coefficient (Wildman–Crippen LogP) is 3.35. The van der Waals surface area contributed by atoms with Crippen LogP contribution in [0.25, 0.3) is 0 Å². The van der Waals surface area contributed by atoms with E-state index in [1.165, 1.54) is 25.7 Å². The Morgan fingerprint density at radius 2 is 2.00 bits per heavy atom. The maximum atomic E-state index is 9.82. The largest absolute Gasteiger partial charge is 0.393 e. The summed E-state index contributed by atoms with van der Waals surface area (Å²) in [7, 11) is 0. The lowest BCUT2D eigenvalue weighted by molar-refractivity contribution is 0.160. The molecule has 0 aromatic carbocycles. The average molecular weight is 221 g/mol. The molecule has 1 rings (SSSR count). The molecule has 0 aliphatic rings. The lowest BCUT2D eigenvalue weighted by Crippen LogP contribution is -2.11. The molecule has 1 unspecified atom stereocenters. The molecule has 2 heteroatoms. The van der Waals surface area contributed by atoms with E-state index >= 15 is 0 Å². The van der Waals surface area contributed by atoms with Crippen molar-refractivity contribution < 1.29 is 5.11 Å². The van der Waals surface area contributed by atoms with Gasteiger partial charge < -0.3 is 5.11 Å². The molecule has 0 saturated carbocycles. The van der Waals surface area contributed by atoms with Crippen LogP contribution in [0.3, 0.4) is 0 Å². The van der Waals surface area contributed by atoms with Gasteiger partial charge in [-0.15, -0.1) is 0 Å². The molecule has 0 saturated heterocycles. The monoisotopic (exact) mass is 221 g/mol. The van der Waals surface area contributed by atoms with Gasteiger partial charge in [-0.1, -0.05) is 45.1 Å². The van der Waals surface area contributed by atoms with Crippen molar-refractivity contribution in [2.75, 3.05) is 0 Å². The van der Waals surface area contributed by atoms with E-state index in [-0.39, 0.29) is 6.10 Å². The lowest BCUT2D eigenvalue weighted by Gasteiger charge is -2.09. The summed E-state index contributed by atoms with van der Waals surface area (Å²) in [6.45, 7) is 2.22. The second-order valence-corrected chi connectivity index (χ2v) is 4.38. The van der Waals surface area contributed by atoms with E-state index in [0.29, 0.717) is 6.42 Å². The van der Waals surface area contributed by atoms with Gasteiger partial charge in [0.2, 0.25) is 0 Å². The average Bonchev–Trinajstić information content (AvgIpc) is 2.30. The number of hydrogen-bond acceptors (Lipinski definition) is 2. The van der Waals surface area contributed by atoms with Crippen LogP contribution in [0.2, 0.25) is 0 Å². The van der Waals surface area contributed by atoms with Crippen molar-refractivity contribution in [3.05, 3.63) is 30.1 Å². The third-order valence-electron chi connectivity index (χ3n) is 2.81. The first-order chi connectivity index (χ1) is 7.83. The van der Waals surface area contributed by atoms with Crippen molar-refractivity contribution in [2.45, 2.75) is 58.0 Å². The molecule has 0 spiro atoms. The number of aliphatic hydroxyl groups excluding tert-OH is 1. The zero-order valence-corrected chi connectivity index (χ0v) is 10.2. The Kier molecular flexibility index (Phi) is 6.82. The minimum absolute atomic E-state index is 0.225. The highest BCUT2D eigenvalue weighted by atomic mass is 16.3. The maximum absolute atomic E-state index is 9.82. The summed E-state index contributed by atoms with van der Waals surface area (Å²) in [5.41, 5.74) is 0.989. The van der Waals surface area contributed by atoms with Crippen LogP contribution >= 0.6 is 0 Å². The highest BCUT2D eigenvalue weighted by molar-refractivity contribution is 5.04. The minimum Gasteiger partial charge on any atom is -0.393 e. The lowest BCUT2D eigenvalue weighted by atomic mass is 10.0. The molecular weight excluding hydrogens is 198 g/mol. The van der Waals surface area contributed by atoms with Crippen molar-refractivity contribution >= 4 is 0 Å². The van der Waals surface area contributed by atoms with Crippen molar-refractivity contribution in [1.82, 2.24) is 4.98 Å². The molecule has 0 aliphatic carbocycles. The summed E-state index contributed by atoms with van der Waals surface area (Å²) in [5, 5.41) is 9.82. The fraction of sp³-hybridized carbons (Fsp3) is 0.643. The number of aliphatic hydroxyl groups is 1. The third kappa shape index (κ3) is 5.86. The summed E-state index contributed by atoms with van der Waals surface area (Å²) in [6, 6.07) is 5.84. The van der Waals surface area contributed by atoms with Gasteiger partial charge in [-0.3, -0.25) is 4.98 Å². The maximum Gasteiger partial charge on any atom is 0.0595 e. The van der Waals surface area contributed by atoms with E-state index in [9.17, 15) is 5.11 Å². The Balaban J connectivity index is 2.09. The zero-order valence-electron chi connectivity index (χ0n) is 10.2. The number of pyridine rings is 1. The van der Waals surface area contributed by atoms with Gasteiger partial charge in [-0.25, -0.2) is 0 Å². The number of nitrogens with zero attached hydrogens (tertiary/aromatic N) is 1. The second kappa shape index (κ2) is 8.28. The van der Waals surface area contributed by atoms with E-state index in [1.54, 1.807) is 6.20 Å². The van der Waals surface area contributed by atoms with Crippen molar-refractivity contribution in [3.63, 3.8) is 0 Å². The third-order valence-corrected chi connectivity index (χ3v) is 2.81. The number of unbranched alkanes of at least 4 members (excludes halogenated alkanes) is 4. The van der Waals surface area contributed by atoms with Gasteiger partial charge in [0.05, 0.1) is 6.10 Å². The van der Waals surface area contributed by atoms with E-state index in [4.69, 9.17) is 0 Å². The van der Waals surface area contributed by atoms with Crippen LogP contribution in [0.15, 0.2) is 24.4 Å². The van der Waals surface area contributed by atoms with Crippen LogP contribution in [0.5, 0.6) is 0 Å². The quantitative estimate of drug-likeness (QED) is 0.683. The van der Waals surface area contributed by atoms with Gasteiger partial charge in [0.1, 0.15) is 0 Å². The van der Waals surface area contributed by atoms with Gasteiger partial charge in [0.25, 0.3) is 0 Å². The van der Waals surface area contributed by atoms with Crippen molar-refractivity contribution in [1.29, 1.82) is 0 Å². The van der Waals surface area contributed by atoms with Gasteiger partial charge in [-0.05, 0) is 18.6 Å². The molecule has 0 radical (unpaired) electrons. The van der Waals surface area contributed by atoms with Crippen LogP contribution in [-0.4, -0.2) is 16.2 Å². The Hall–Kier alpha value is -0.890. The molecular formula is C14H23NO. The smallest absolute Gasteiger partial charge is 0.0595 e. The van der Waals surface area contributed by atoms with Crippen molar-refractivity contribution in [2.24, 2.45) is 0 Å². The van der Waals surface area contributed by atoms with E-state index < -0.39 is 0 Å². The SMILES string of the molecule is CCCCCCCC(O)Cc1ccccn1. The number of hydrogen-bond donors (Lipinski definition) is 1. The summed E-state index contributed by atoms with van der Waals surface area (Å²) >= 11 is 0. The minimum atomic E-state index is -0.225. The summed E-state index contributed by atoms with van der Waals surface area (Å²) in [5.74, 6) is 0. The molecule has 0 amide bonds. The van der Waals surface area contributed by atoms with Gasteiger partial charge in [-0.2, -0.15) is 0 Å². The zero-order chi connectivity index (χ0) is 11.6. The van der Waals surface area contributed by atoms with E-state index in [1.807, 2.05) is 18.2 Å². The van der Waals surface area contributed by atoms with Crippen LogP contribution in [0.4, 0.5) is 0 Å². The fourth-order valence-electron chi connectivity index (χ4n) is 1.85. The molecule has 2 nitrogen and oxygen atoms in total. The molecule has 1 N–H and O–H groups in total. The van der Waals surface area contributed by atoms with Gasteiger partial charge >= 0.3 is 0 Å². The summed E-state index contributed by atoms with van der Waals surface area (Å²) in [4.78, 5) is 4.22. The fourth-order valence-corrected chi connectivity index (χ4v) is 1.85. The normalized spacial score (nSPS) is 12.6. The molecule has 1 heterocycles. The van der Waals surface area contributed by atoms with Crippen LogP contribution in [-0.2, 0) is 6.42 Å². The number of aromatic nitrogens is 1. The van der Waals surface area contributed by atoms with Crippen LogP contribution in [0.1, 0.15) is 51.1 Å². The standard InChI is InChI=1S/C14H23NO/c1-2-3-4-5-6-10-14(16)12-13-9-7-8-11-15-13/h7-9,11,14,16H,2-6,10,12H2,1H3. The van der Waals surface area contributed by atoms with E-state index in [2.05, 4.69) is 11.9 Å². The molecule has 0 fully saturated rings. The highest BCUT2D eigenvalue weighted by Crippen LogP contribution is 2.10. The molecule has 1 aromatic heterocycles. The Labute approximate surface area is 98.7 Å². The van der Waals surface area contributed by atoms with Crippen molar-refractivity contribution in [3.8, 4) is 0 Å².